The van der Waals surface area contributed by atoms with Gasteiger partial charge in [0, 0.05) is 11.2 Å². The van der Waals surface area contributed by atoms with Gasteiger partial charge in [0.25, 0.3) is 5.91 Å². The third-order valence-corrected chi connectivity index (χ3v) is 6.40. The molecular weight excluding hydrogens is 408 g/mol. The second-order valence-electron chi connectivity index (χ2n) is 9.46. The molecule has 2 aromatic heterocycles. The van der Waals surface area contributed by atoms with Crippen LogP contribution < -0.4 is 10.2 Å². The summed E-state index contributed by atoms with van der Waals surface area (Å²) < 4.78 is 1.68. The molecular formula is C24H28N4O2S. The summed E-state index contributed by atoms with van der Waals surface area (Å²) in [6.45, 7) is 11.9. The minimum absolute atomic E-state index is 0.201. The van der Waals surface area contributed by atoms with Gasteiger partial charge < -0.3 is 5.32 Å². The van der Waals surface area contributed by atoms with Crippen molar-refractivity contribution in [1.29, 1.82) is 0 Å². The third kappa shape index (κ3) is 3.78. The number of thiophene rings is 1. The molecule has 162 valence electrons. The molecule has 0 spiro atoms. The smallest absolute Gasteiger partial charge is 0.277 e. The molecule has 1 aliphatic heterocycles. The maximum atomic E-state index is 13.8. The number of anilines is 1. The summed E-state index contributed by atoms with van der Waals surface area (Å²) in [4.78, 5) is 30.1. The zero-order valence-corrected chi connectivity index (χ0v) is 19.6. The van der Waals surface area contributed by atoms with Crippen molar-refractivity contribution in [3.8, 4) is 10.6 Å². The zero-order chi connectivity index (χ0) is 22.6. The minimum Gasteiger partial charge on any atom is -0.349 e. The first kappa shape index (κ1) is 21.3. The fourth-order valence-electron chi connectivity index (χ4n) is 3.94. The first-order chi connectivity index (χ1) is 14.5. The van der Waals surface area contributed by atoms with E-state index >= 15 is 0 Å². The molecule has 3 heterocycles. The van der Waals surface area contributed by atoms with Crippen molar-refractivity contribution in [2.75, 3.05) is 4.90 Å². The number of benzene rings is 1. The highest BCUT2D eigenvalue weighted by Gasteiger charge is 2.50. The quantitative estimate of drug-likeness (QED) is 0.654. The molecule has 4 rings (SSSR count). The van der Waals surface area contributed by atoms with Crippen LogP contribution in [0.3, 0.4) is 0 Å². The lowest BCUT2D eigenvalue weighted by Gasteiger charge is -2.44. The molecule has 0 fully saturated rings. The first-order valence-corrected chi connectivity index (χ1v) is 11.2. The highest BCUT2D eigenvalue weighted by atomic mass is 32.1. The number of fused-ring (bicyclic) bond motifs is 1. The number of carbonyl (C=O) groups excluding carboxylic acids is 2. The number of carbonyl (C=O) groups is 2. The summed E-state index contributed by atoms with van der Waals surface area (Å²) in [5, 5.41) is 9.75. The van der Waals surface area contributed by atoms with Crippen LogP contribution in [0.1, 0.15) is 49.3 Å². The van der Waals surface area contributed by atoms with Crippen molar-refractivity contribution in [3.63, 3.8) is 0 Å². The molecule has 0 bridgehead atoms. The monoisotopic (exact) mass is 436 g/mol. The predicted octanol–water partition coefficient (Wildman–Crippen LogP) is 4.56. The Hall–Kier alpha value is -2.93. The van der Waals surface area contributed by atoms with E-state index in [1.807, 2.05) is 83.3 Å². The molecule has 2 amide bonds. The van der Waals surface area contributed by atoms with Crippen molar-refractivity contribution in [2.45, 2.75) is 59.2 Å². The lowest BCUT2D eigenvalue weighted by molar-refractivity contribution is -0.128. The molecule has 1 aliphatic rings. The average molecular weight is 437 g/mol. The van der Waals surface area contributed by atoms with Gasteiger partial charge in [-0.05, 0) is 76.2 Å². The van der Waals surface area contributed by atoms with Gasteiger partial charge in [0.15, 0.2) is 0 Å². The highest BCUT2D eigenvalue weighted by Crippen LogP contribution is 2.37. The number of hydrogen-bond acceptors (Lipinski definition) is 4. The second-order valence-corrected chi connectivity index (χ2v) is 10.4. The maximum Gasteiger partial charge on any atom is 0.277 e. The largest absolute Gasteiger partial charge is 0.349 e. The van der Waals surface area contributed by atoms with Gasteiger partial charge in [0.1, 0.15) is 16.9 Å². The molecule has 6 nitrogen and oxygen atoms in total. The van der Waals surface area contributed by atoms with Crippen LogP contribution in [0.15, 0.2) is 41.8 Å². The Kier molecular flexibility index (Phi) is 5.04. The van der Waals surface area contributed by atoms with Crippen molar-refractivity contribution < 1.29 is 9.59 Å². The van der Waals surface area contributed by atoms with E-state index in [2.05, 4.69) is 10.4 Å². The topological polar surface area (TPSA) is 67.2 Å². The number of hydrogen-bond donors (Lipinski definition) is 1. The lowest BCUT2D eigenvalue weighted by Crippen LogP contribution is -2.66. The number of nitrogens with one attached hydrogen (secondary N) is 1. The molecule has 1 N–H and O–H groups in total. The fraction of sp³-hybridized carbons (Fsp3) is 0.375. The van der Waals surface area contributed by atoms with E-state index in [0.29, 0.717) is 5.69 Å². The summed E-state index contributed by atoms with van der Waals surface area (Å²) in [5.41, 5.74) is 2.41. The SMILES string of the molecule is Cc1ccc(C)c(N2C(=O)c3cc(-c4cccs4)nn3C[C@]2(C)C(=O)NC(C)(C)C)c1. The summed E-state index contributed by atoms with van der Waals surface area (Å²) in [5.74, 6) is -0.421. The van der Waals surface area contributed by atoms with Gasteiger partial charge in [-0.1, -0.05) is 18.2 Å². The van der Waals surface area contributed by atoms with Crippen LogP contribution in [-0.2, 0) is 11.3 Å². The molecule has 0 aliphatic carbocycles. The molecule has 0 radical (unpaired) electrons. The van der Waals surface area contributed by atoms with Crippen molar-refractivity contribution in [1.82, 2.24) is 15.1 Å². The van der Waals surface area contributed by atoms with Crippen molar-refractivity contribution in [2.24, 2.45) is 0 Å². The van der Waals surface area contributed by atoms with E-state index < -0.39 is 11.1 Å². The highest BCUT2D eigenvalue weighted by molar-refractivity contribution is 7.13. The number of nitrogens with zero attached hydrogens (tertiary/aromatic N) is 3. The molecule has 0 saturated carbocycles. The maximum absolute atomic E-state index is 13.8. The molecule has 31 heavy (non-hydrogen) atoms. The molecule has 0 saturated heterocycles. The number of amides is 2. The summed E-state index contributed by atoms with van der Waals surface area (Å²) in [6, 6.07) is 11.7. The van der Waals surface area contributed by atoms with Gasteiger partial charge >= 0.3 is 0 Å². The number of rotatable bonds is 3. The number of aryl methyl sites for hydroxylation is 2. The first-order valence-electron chi connectivity index (χ1n) is 10.4. The van der Waals surface area contributed by atoms with Crippen molar-refractivity contribution >= 4 is 28.8 Å². The summed E-state index contributed by atoms with van der Waals surface area (Å²) in [7, 11) is 0. The fourth-order valence-corrected chi connectivity index (χ4v) is 4.62. The van der Waals surface area contributed by atoms with Gasteiger partial charge in [-0.15, -0.1) is 11.3 Å². The number of aromatic nitrogens is 2. The van der Waals surface area contributed by atoms with Crippen LogP contribution in [0, 0.1) is 13.8 Å². The van der Waals surface area contributed by atoms with E-state index in [-0.39, 0.29) is 18.4 Å². The minimum atomic E-state index is -1.13. The Labute approximate surface area is 186 Å². The Morgan fingerprint density at radius 1 is 1.19 bits per heavy atom. The van der Waals surface area contributed by atoms with Crippen LogP contribution in [0.2, 0.25) is 0 Å². The van der Waals surface area contributed by atoms with E-state index in [9.17, 15) is 9.59 Å². The van der Waals surface area contributed by atoms with Crippen LogP contribution in [0.25, 0.3) is 10.6 Å². The van der Waals surface area contributed by atoms with Crippen LogP contribution in [0.4, 0.5) is 5.69 Å². The van der Waals surface area contributed by atoms with E-state index in [1.165, 1.54) is 0 Å². The Balaban J connectivity index is 1.88. The average Bonchev–Trinajstić information content (AvgIpc) is 3.32. The van der Waals surface area contributed by atoms with E-state index in [0.717, 1.165) is 27.4 Å². The molecule has 1 atom stereocenters. The van der Waals surface area contributed by atoms with E-state index in [1.54, 1.807) is 20.9 Å². The van der Waals surface area contributed by atoms with Crippen LogP contribution in [-0.4, -0.2) is 32.7 Å². The Morgan fingerprint density at radius 2 is 1.94 bits per heavy atom. The zero-order valence-electron chi connectivity index (χ0n) is 18.8. The predicted molar refractivity (Wildman–Crippen MR) is 125 cm³/mol. The van der Waals surface area contributed by atoms with Gasteiger partial charge in [-0.3, -0.25) is 19.2 Å². The normalized spacial score (nSPS) is 18.8. The second kappa shape index (κ2) is 7.34. The molecule has 7 heteroatoms. The van der Waals surface area contributed by atoms with Gasteiger partial charge in [-0.25, -0.2) is 0 Å². The molecule has 1 aromatic carbocycles. The Bertz CT molecular complexity index is 1160. The van der Waals surface area contributed by atoms with Crippen LogP contribution >= 0.6 is 11.3 Å². The lowest BCUT2D eigenvalue weighted by atomic mass is 9.91. The van der Waals surface area contributed by atoms with Gasteiger partial charge in [0.05, 0.1) is 11.4 Å². The van der Waals surface area contributed by atoms with Gasteiger partial charge in [0.2, 0.25) is 5.91 Å². The summed E-state index contributed by atoms with van der Waals surface area (Å²) >= 11 is 1.58. The van der Waals surface area contributed by atoms with E-state index in [4.69, 9.17) is 0 Å². The Morgan fingerprint density at radius 3 is 2.58 bits per heavy atom. The van der Waals surface area contributed by atoms with Crippen LogP contribution in [0.5, 0.6) is 0 Å². The molecule has 3 aromatic rings. The third-order valence-electron chi connectivity index (χ3n) is 5.51. The van der Waals surface area contributed by atoms with Crippen molar-refractivity contribution in [3.05, 3.63) is 58.6 Å². The van der Waals surface area contributed by atoms with Gasteiger partial charge in [-0.2, -0.15) is 5.10 Å². The summed E-state index contributed by atoms with van der Waals surface area (Å²) in [6.07, 6.45) is 0. The standard InChI is InChI=1S/C24H28N4O2S/c1-15-9-10-16(2)18(12-15)28-21(29)19-13-17(20-8-7-11-31-20)26-27(19)14-24(28,6)22(30)25-23(3,4)5/h7-13H,14H2,1-6H3,(H,25,30)/t24-/m1/s1. The molecule has 0 unspecified atom stereocenters.